The zero-order valence-electron chi connectivity index (χ0n) is 14.8. The van der Waals surface area contributed by atoms with Crippen molar-refractivity contribution in [2.45, 2.75) is 13.3 Å². The molecule has 0 atom stereocenters. The number of halogens is 1. The van der Waals surface area contributed by atoms with E-state index in [-0.39, 0.29) is 24.8 Å². The van der Waals surface area contributed by atoms with Crippen LogP contribution in [0.4, 0.5) is 5.69 Å². The van der Waals surface area contributed by atoms with Gasteiger partial charge >= 0.3 is 0 Å². The highest BCUT2D eigenvalue weighted by Crippen LogP contribution is 2.38. The normalized spacial score (nSPS) is 12.2. The summed E-state index contributed by atoms with van der Waals surface area (Å²) in [5.74, 6) is 0.279. The Hall–Kier alpha value is -2.93. The lowest BCUT2D eigenvalue weighted by Gasteiger charge is -2.20. The van der Waals surface area contributed by atoms with Crippen molar-refractivity contribution in [2.24, 2.45) is 0 Å². The topological polar surface area (TPSA) is 88.7 Å². The molecule has 0 bridgehead atoms. The van der Waals surface area contributed by atoms with E-state index in [2.05, 4.69) is 16.2 Å². The maximum Gasteiger partial charge on any atom is 0.257 e. The number of nitrogens with one attached hydrogen (secondary N) is 3. The fraction of sp³-hybridized carbons (Fsp3) is 0.263. The summed E-state index contributed by atoms with van der Waals surface area (Å²) in [5.41, 5.74) is 7.38. The molecule has 0 radical (unpaired) electrons. The lowest BCUT2D eigenvalue weighted by Crippen LogP contribution is -2.44. The number of benzene rings is 2. The number of amides is 2. The smallest absolute Gasteiger partial charge is 0.257 e. The second-order valence-corrected chi connectivity index (χ2v) is 6.50. The van der Waals surface area contributed by atoms with Crippen molar-refractivity contribution < 1.29 is 19.1 Å². The van der Waals surface area contributed by atoms with Gasteiger partial charge in [-0.15, -0.1) is 0 Å². The Labute approximate surface area is 162 Å². The van der Waals surface area contributed by atoms with Crippen LogP contribution in [0.25, 0.3) is 0 Å². The second-order valence-electron chi connectivity index (χ2n) is 6.09. The van der Waals surface area contributed by atoms with E-state index >= 15 is 0 Å². The predicted octanol–water partition coefficient (Wildman–Crippen LogP) is 2.22. The van der Waals surface area contributed by atoms with Crippen LogP contribution in [-0.2, 0) is 16.0 Å². The highest BCUT2D eigenvalue weighted by atomic mass is 35.5. The number of carbonyl (C=O) groups excluding carboxylic acids is 2. The number of hydrogen-bond donors (Lipinski definition) is 3. The van der Waals surface area contributed by atoms with Gasteiger partial charge in [-0.25, -0.2) is 0 Å². The Morgan fingerprint density at radius 2 is 1.74 bits per heavy atom. The van der Waals surface area contributed by atoms with Gasteiger partial charge in [0.2, 0.25) is 5.91 Å². The maximum atomic E-state index is 12.0. The van der Waals surface area contributed by atoms with Gasteiger partial charge in [0.05, 0.1) is 18.0 Å². The minimum atomic E-state index is -0.369. The molecule has 0 aromatic heterocycles. The molecule has 3 rings (SSSR count). The largest absolute Gasteiger partial charge is 0.486 e. The molecule has 0 spiro atoms. The average molecular weight is 390 g/mol. The van der Waals surface area contributed by atoms with E-state index in [0.717, 1.165) is 11.3 Å². The fourth-order valence-corrected chi connectivity index (χ4v) is 2.82. The molecule has 0 saturated carbocycles. The summed E-state index contributed by atoms with van der Waals surface area (Å²) in [7, 11) is 0. The Morgan fingerprint density at radius 1 is 1.04 bits per heavy atom. The number of anilines is 1. The van der Waals surface area contributed by atoms with Crippen LogP contribution in [0.5, 0.6) is 11.5 Å². The number of hydrazine groups is 1. The van der Waals surface area contributed by atoms with Gasteiger partial charge in [-0.2, -0.15) is 0 Å². The number of rotatable bonds is 5. The van der Waals surface area contributed by atoms with Gasteiger partial charge in [-0.05, 0) is 36.8 Å². The standard InChI is InChI=1S/C19H20ClN3O4/c1-12-2-4-14(5-3-12)21-11-18(25)23-22-17(24)10-13-8-15(20)19-16(9-13)26-6-7-27-19/h2-5,8-9,21H,6-7,10-11H2,1H3,(H,22,24)(H,23,25). The summed E-state index contributed by atoms with van der Waals surface area (Å²) in [6.45, 7) is 2.90. The zero-order valence-corrected chi connectivity index (χ0v) is 15.6. The highest BCUT2D eigenvalue weighted by Gasteiger charge is 2.17. The molecule has 1 heterocycles. The van der Waals surface area contributed by atoms with Crippen LogP contribution < -0.4 is 25.6 Å². The molecule has 0 fully saturated rings. The summed E-state index contributed by atoms with van der Waals surface area (Å²) in [5, 5.41) is 3.37. The Balaban J connectivity index is 1.46. The Morgan fingerprint density at radius 3 is 2.52 bits per heavy atom. The summed E-state index contributed by atoms with van der Waals surface area (Å²) in [4.78, 5) is 23.9. The molecule has 0 saturated heterocycles. The van der Waals surface area contributed by atoms with Crippen LogP contribution in [0.3, 0.4) is 0 Å². The zero-order chi connectivity index (χ0) is 19.2. The highest BCUT2D eigenvalue weighted by molar-refractivity contribution is 6.32. The van der Waals surface area contributed by atoms with Crippen molar-refractivity contribution in [1.82, 2.24) is 10.9 Å². The summed E-state index contributed by atoms with van der Waals surface area (Å²) >= 11 is 6.15. The molecule has 1 aliphatic rings. The van der Waals surface area contributed by atoms with Gasteiger partial charge in [-0.3, -0.25) is 20.4 Å². The third-order valence-corrected chi connectivity index (χ3v) is 4.15. The molecule has 2 aromatic rings. The third kappa shape index (κ3) is 5.27. The van der Waals surface area contributed by atoms with Crippen molar-refractivity contribution >= 4 is 29.1 Å². The molecule has 3 N–H and O–H groups in total. The minimum absolute atomic E-state index is 0.0409. The number of fused-ring (bicyclic) bond motifs is 1. The fourth-order valence-electron chi connectivity index (χ4n) is 2.53. The quantitative estimate of drug-likeness (QED) is 0.682. The van der Waals surface area contributed by atoms with E-state index in [0.29, 0.717) is 35.3 Å². The first-order chi connectivity index (χ1) is 13.0. The molecule has 1 aliphatic heterocycles. The predicted molar refractivity (Wildman–Crippen MR) is 102 cm³/mol. The van der Waals surface area contributed by atoms with E-state index in [1.807, 2.05) is 31.2 Å². The minimum Gasteiger partial charge on any atom is -0.486 e. The molecular formula is C19H20ClN3O4. The number of hydrogen-bond acceptors (Lipinski definition) is 5. The molecule has 2 amide bonds. The first kappa shape index (κ1) is 18.8. The van der Waals surface area contributed by atoms with Crippen LogP contribution >= 0.6 is 11.6 Å². The van der Waals surface area contributed by atoms with Gasteiger partial charge in [-0.1, -0.05) is 29.3 Å². The number of ether oxygens (including phenoxy) is 2. The Bertz CT molecular complexity index is 840. The third-order valence-electron chi connectivity index (χ3n) is 3.87. The van der Waals surface area contributed by atoms with E-state index in [4.69, 9.17) is 21.1 Å². The number of carbonyl (C=O) groups is 2. The van der Waals surface area contributed by atoms with Crippen molar-refractivity contribution in [2.75, 3.05) is 25.1 Å². The van der Waals surface area contributed by atoms with Crippen LogP contribution in [0.1, 0.15) is 11.1 Å². The molecule has 142 valence electrons. The molecule has 2 aromatic carbocycles. The van der Waals surface area contributed by atoms with E-state index in [9.17, 15) is 9.59 Å². The summed E-state index contributed by atoms with van der Waals surface area (Å²) in [6.07, 6.45) is 0.0437. The second kappa shape index (κ2) is 8.64. The molecule has 27 heavy (non-hydrogen) atoms. The SMILES string of the molecule is Cc1ccc(NCC(=O)NNC(=O)Cc2cc(Cl)c3c(c2)OCCO3)cc1. The first-order valence-electron chi connectivity index (χ1n) is 8.47. The van der Waals surface area contributed by atoms with Crippen molar-refractivity contribution in [3.8, 4) is 11.5 Å². The van der Waals surface area contributed by atoms with Crippen molar-refractivity contribution in [3.05, 3.63) is 52.5 Å². The van der Waals surface area contributed by atoms with E-state index in [1.165, 1.54) is 0 Å². The van der Waals surface area contributed by atoms with E-state index in [1.54, 1.807) is 12.1 Å². The summed E-state index contributed by atoms with van der Waals surface area (Å²) < 4.78 is 10.9. The van der Waals surface area contributed by atoms with Crippen molar-refractivity contribution in [1.29, 1.82) is 0 Å². The maximum absolute atomic E-state index is 12.0. The molecular weight excluding hydrogens is 370 g/mol. The lowest BCUT2D eigenvalue weighted by atomic mass is 10.1. The molecule has 0 aliphatic carbocycles. The monoisotopic (exact) mass is 389 g/mol. The first-order valence-corrected chi connectivity index (χ1v) is 8.85. The lowest BCUT2D eigenvalue weighted by molar-refractivity contribution is -0.127. The van der Waals surface area contributed by atoms with E-state index < -0.39 is 0 Å². The van der Waals surface area contributed by atoms with Gasteiger partial charge < -0.3 is 14.8 Å². The molecule has 7 nitrogen and oxygen atoms in total. The Kier molecular flexibility index (Phi) is 6.03. The summed E-state index contributed by atoms with van der Waals surface area (Å²) in [6, 6.07) is 11.0. The number of aryl methyl sites for hydroxylation is 1. The van der Waals surface area contributed by atoms with Gasteiger partial charge in [0, 0.05) is 5.69 Å². The van der Waals surface area contributed by atoms with Gasteiger partial charge in [0.1, 0.15) is 13.2 Å². The van der Waals surface area contributed by atoms with Crippen LogP contribution in [0.2, 0.25) is 5.02 Å². The van der Waals surface area contributed by atoms with Crippen LogP contribution in [0.15, 0.2) is 36.4 Å². The van der Waals surface area contributed by atoms with Gasteiger partial charge in [0.25, 0.3) is 5.91 Å². The van der Waals surface area contributed by atoms with Crippen LogP contribution in [-0.4, -0.2) is 31.6 Å². The molecule has 8 heteroatoms. The van der Waals surface area contributed by atoms with Gasteiger partial charge in [0.15, 0.2) is 11.5 Å². The molecule has 0 unspecified atom stereocenters. The van der Waals surface area contributed by atoms with Crippen molar-refractivity contribution in [3.63, 3.8) is 0 Å². The average Bonchev–Trinajstić information content (AvgIpc) is 2.66. The van der Waals surface area contributed by atoms with Crippen LogP contribution in [0, 0.1) is 6.92 Å².